The molecule has 3 fully saturated rings. The molecule has 5 aliphatic rings. The first-order chi connectivity index (χ1) is 50.1. The number of nitrogens with two attached hydrogens (primary N) is 1. The number of carbonyl (C=O) groups excluding carboxylic acids is 6. The van der Waals surface area contributed by atoms with E-state index in [9.17, 15) is 74.6 Å². The van der Waals surface area contributed by atoms with Crippen LogP contribution < -0.4 is 68.7 Å². The van der Waals surface area contributed by atoms with E-state index in [0.717, 1.165) is 69.4 Å². The van der Waals surface area contributed by atoms with E-state index in [1.54, 1.807) is 44.7 Å². The van der Waals surface area contributed by atoms with Gasteiger partial charge in [-0.15, -0.1) is 0 Å². The summed E-state index contributed by atoms with van der Waals surface area (Å²) in [5, 5.41) is 30.5. The van der Waals surface area contributed by atoms with Gasteiger partial charge in [-0.3, -0.25) is 38.4 Å². The number of pyridine rings is 2. The number of ether oxygens (including phenoxy) is 3. The van der Waals surface area contributed by atoms with Gasteiger partial charge >= 0.3 is 5.97 Å². The van der Waals surface area contributed by atoms with Crippen molar-refractivity contribution in [3.05, 3.63) is 261 Å². The molecule has 2 atom stereocenters. The van der Waals surface area contributed by atoms with Crippen molar-refractivity contribution < 1.29 is 78.8 Å². The summed E-state index contributed by atoms with van der Waals surface area (Å²) in [6, 6.07) is 26.7. The Hall–Kier alpha value is -11.5. The number of hydrogen-bond donors (Lipinski definition) is 9. The molecule has 5 amide bonds. The fraction of sp³-hybridized carbons (Fsp3) is 0.292. The second-order valence-electron chi connectivity index (χ2n) is 24.3. The monoisotopic (exact) mass is 1440 g/mol. The van der Waals surface area contributed by atoms with E-state index in [-0.39, 0.29) is 95.8 Å². The van der Waals surface area contributed by atoms with Crippen molar-refractivity contribution in [2.75, 3.05) is 85.6 Å². The van der Waals surface area contributed by atoms with Crippen LogP contribution >= 0.6 is 0 Å². The number of esters is 1. The molecule has 0 radical (unpaired) electrons. The summed E-state index contributed by atoms with van der Waals surface area (Å²) in [7, 11) is 1.10. The van der Waals surface area contributed by atoms with Crippen molar-refractivity contribution in [3.8, 4) is 17.2 Å². The number of aromatic nitrogens is 2. The van der Waals surface area contributed by atoms with Crippen molar-refractivity contribution in [3.63, 3.8) is 0 Å². The van der Waals surface area contributed by atoms with E-state index in [1.807, 2.05) is 30.3 Å². The quantitative estimate of drug-likeness (QED) is 0.0480. The third-order valence-electron chi connectivity index (χ3n) is 17.1. The number of fused-ring (bicyclic) bond motifs is 8. The van der Waals surface area contributed by atoms with E-state index in [0.29, 0.717) is 76.1 Å². The Morgan fingerprint density at radius 3 is 1.38 bits per heavy atom. The summed E-state index contributed by atoms with van der Waals surface area (Å²) in [6.07, 6.45) is 3.41. The Morgan fingerprint density at radius 2 is 0.933 bits per heavy atom. The second-order valence-corrected chi connectivity index (χ2v) is 24.3. The molecule has 0 aliphatic carbocycles. The maximum absolute atomic E-state index is 14.0. The van der Waals surface area contributed by atoms with Crippen molar-refractivity contribution in [2.24, 2.45) is 5.73 Å². The summed E-state index contributed by atoms with van der Waals surface area (Å²) >= 11 is 0. The fourth-order valence-electron chi connectivity index (χ4n) is 11.6. The lowest BCUT2D eigenvalue weighted by Gasteiger charge is -2.34. The number of amides is 5. The summed E-state index contributed by atoms with van der Waals surface area (Å²) in [5.41, 5.74) is 3.55. The zero-order valence-corrected chi connectivity index (χ0v) is 55.8. The maximum Gasteiger partial charge on any atom is 0.378 e. The number of nitrogens with zero attached hydrogens (tertiary/aromatic N) is 4. The molecule has 3 saturated heterocycles. The van der Waals surface area contributed by atoms with Gasteiger partial charge in [-0.1, -0.05) is 78.9 Å². The molecule has 8 heterocycles. The molecule has 546 valence electrons. The molecule has 3 aromatic heterocycles. The normalized spacial score (nSPS) is 15.9. The molecule has 0 saturated carbocycles. The Bertz CT molecular complexity index is 4680. The number of methoxy groups -OCH3 is 1. The minimum atomic E-state index is -0.977. The average molecular weight is 1440 g/mol. The first-order valence-electron chi connectivity index (χ1n) is 32.8. The fourth-order valence-corrected chi connectivity index (χ4v) is 11.6. The van der Waals surface area contributed by atoms with Gasteiger partial charge in [0.15, 0.2) is 22.9 Å². The lowest BCUT2D eigenvalue weighted by atomic mass is 10.1. The number of halogens is 6. The lowest BCUT2D eigenvalue weighted by molar-refractivity contribution is 0.0550. The van der Waals surface area contributed by atoms with Gasteiger partial charge in [-0.2, -0.15) is 0 Å². The number of benzene rings is 5. The summed E-state index contributed by atoms with van der Waals surface area (Å²) in [4.78, 5) is 118. The van der Waals surface area contributed by atoms with Gasteiger partial charge in [0.05, 0.1) is 19.2 Å². The van der Waals surface area contributed by atoms with Gasteiger partial charge < -0.3 is 85.6 Å². The van der Waals surface area contributed by atoms with Crippen LogP contribution in [0.3, 0.4) is 0 Å². The van der Waals surface area contributed by atoms with Crippen molar-refractivity contribution in [1.82, 2.24) is 56.2 Å². The Morgan fingerprint density at radius 1 is 0.529 bits per heavy atom. The van der Waals surface area contributed by atoms with E-state index < -0.39 is 104 Å². The SMILES string of the molecule is COC(=O)c1occ(C(=O)NCc2ccc(F)cc2F)c(=O)c1OCc1ccccc1.NC1CNCCNC1.O=C(NCc1ccc(F)cc1F)c1cn2c(c(O)c1=O)C(=O)N1CCNCC2C1.O=C(NCc1ccc(F)cc1F)c1cn2c(c(OCc3ccccc3)c1=O)C(=O)N1CCNCC2C1. The van der Waals surface area contributed by atoms with E-state index in [4.69, 9.17) is 19.6 Å². The molecule has 104 heavy (non-hydrogen) atoms. The molecule has 26 nitrogen and oxygen atoms in total. The number of aromatic hydroxyl groups is 1. The second kappa shape index (κ2) is 35.0. The topological polar surface area (TPSA) is 341 Å². The highest BCUT2D eigenvalue weighted by molar-refractivity contribution is 6.01. The zero-order chi connectivity index (χ0) is 74.1. The molecular formula is C72H72F6N12O14. The highest BCUT2D eigenvalue weighted by atomic mass is 19.2. The van der Waals surface area contributed by atoms with E-state index >= 15 is 0 Å². The summed E-state index contributed by atoms with van der Waals surface area (Å²) in [5.74, 6) is -10.9. The van der Waals surface area contributed by atoms with Gasteiger partial charge in [-0.05, 0) is 29.3 Å². The molecular weight excluding hydrogens is 1370 g/mol. The third-order valence-corrected chi connectivity index (χ3v) is 17.1. The van der Waals surface area contributed by atoms with Crippen LogP contribution in [-0.4, -0.2) is 151 Å². The Kier molecular flexibility index (Phi) is 25.3. The minimum absolute atomic E-state index is 0.0193. The van der Waals surface area contributed by atoms with Crippen molar-refractivity contribution in [2.45, 2.75) is 51.0 Å². The average Bonchev–Trinajstić information content (AvgIpc) is 1.09. The molecule has 8 aromatic rings. The molecule has 32 heteroatoms. The van der Waals surface area contributed by atoms with Gasteiger partial charge in [0, 0.05) is 151 Å². The van der Waals surface area contributed by atoms with Gasteiger partial charge in [0.25, 0.3) is 35.3 Å². The maximum atomic E-state index is 14.0. The standard InChI is InChI=1S/C26H24F2N4O4.C22H17F2NO6.C19H18F2N4O4.C5H13N3/c27-18-7-6-17(21(28)10-18)11-30-25(34)20-14-32-19-12-29-8-9-31(13-19)26(35)22(32)24(23(20)33)36-15-16-4-2-1-3-5-16;1-29-22(28)20-19(30-11-13-5-3-2-4-6-13)18(26)16(12-31-20)21(27)25-10-14-7-8-15(23)9-17(14)24;20-11-2-1-10(14(21)5-11)6-23-18(28)13-9-25-12-7-22-3-4-24(8-12)19(29)15(25)17(27)16(13)26;6-5-3-7-1-2-8-4-5/h1-7,10,14,19,29H,8-9,11-13,15H2,(H,30,34);2-9,12H,10-11H2,1H3,(H,25,27);1-2,5,9,12,22,27H,3-4,6-8H2,(H,23,28);5,7-8H,1-4,6H2. The molecule has 5 aliphatic heterocycles. The van der Waals surface area contributed by atoms with E-state index in [2.05, 4.69) is 42.0 Å². The largest absolute Gasteiger partial charge is 0.503 e. The van der Waals surface area contributed by atoms with Crippen LogP contribution in [0.25, 0.3) is 0 Å². The first-order valence-corrected chi connectivity index (χ1v) is 32.8. The van der Waals surface area contributed by atoms with Crippen LogP contribution in [0.2, 0.25) is 0 Å². The highest BCUT2D eigenvalue weighted by Gasteiger charge is 2.39. The number of hydrogen-bond acceptors (Lipinski definition) is 19. The molecule has 5 aromatic carbocycles. The minimum Gasteiger partial charge on any atom is -0.503 e. The molecule has 10 N–H and O–H groups in total. The van der Waals surface area contributed by atoms with Crippen LogP contribution in [0, 0.1) is 34.9 Å². The zero-order valence-electron chi connectivity index (χ0n) is 55.8. The predicted molar refractivity (Wildman–Crippen MR) is 363 cm³/mol. The van der Waals surface area contributed by atoms with Crippen molar-refractivity contribution in [1.29, 1.82) is 0 Å². The van der Waals surface area contributed by atoms with Crippen LogP contribution in [0.4, 0.5) is 26.3 Å². The number of nitrogens with one attached hydrogen (secondary N) is 7. The predicted octanol–water partition coefficient (Wildman–Crippen LogP) is 4.32. The molecule has 0 spiro atoms. The van der Waals surface area contributed by atoms with Crippen LogP contribution in [0.15, 0.2) is 153 Å². The van der Waals surface area contributed by atoms with Crippen LogP contribution in [0.5, 0.6) is 17.2 Å². The van der Waals surface area contributed by atoms with E-state index in [1.165, 1.54) is 35.2 Å². The third kappa shape index (κ3) is 18.4. The van der Waals surface area contributed by atoms with Gasteiger partial charge in [0.2, 0.25) is 22.0 Å². The Balaban J connectivity index is 0.000000159. The van der Waals surface area contributed by atoms with Gasteiger partial charge in [0.1, 0.15) is 71.1 Å². The van der Waals surface area contributed by atoms with Crippen LogP contribution in [-0.2, 0) is 37.6 Å². The van der Waals surface area contributed by atoms with Crippen LogP contribution in [0.1, 0.15) is 103 Å². The molecule has 13 rings (SSSR count). The summed E-state index contributed by atoms with van der Waals surface area (Å²) in [6.45, 7) is 7.15. The smallest absolute Gasteiger partial charge is 0.378 e. The molecule has 4 bridgehead atoms. The summed E-state index contributed by atoms with van der Waals surface area (Å²) < 4.78 is 105. The lowest BCUT2D eigenvalue weighted by Crippen LogP contribution is -2.45. The molecule has 2 unspecified atom stereocenters. The number of carbonyl (C=O) groups is 6. The number of rotatable bonds is 16. The van der Waals surface area contributed by atoms with Gasteiger partial charge in [-0.25, -0.2) is 31.1 Å². The Labute approximate surface area is 589 Å². The van der Waals surface area contributed by atoms with Crippen molar-refractivity contribution >= 4 is 35.5 Å². The first kappa shape index (κ1) is 75.2. The highest BCUT2D eigenvalue weighted by Crippen LogP contribution is 2.30.